The molecule has 0 spiro atoms. The lowest BCUT2D eigenvalue weighted by Crippen LogP contribution is -2.07. The number of rotatable bonds is 5. The van der Waals surface area contributed by atoms with E-state index in [0.717, 1.165) is 24.8 Å². The zero-order valence-electron chi connectivity index (χ0n) is 11.1. The van der Waals surface area contributed by atoms with Crippen molar-refractivity contribution >= 4 is 16.9 Å². The number of H-pyrrole nitrogens is 1. The number of carboxylic acid groups (broad SMARTS) is 1. The summed E-state index contributed by atoms with van der Waals surface area (Å²) in [6, 6.07) is 6.44. The van der Waals surface area contributed by atoms with Crippen molar-refractivity contribution in [2.45, 2.75) is 38.5 Å². The van der Waals surface area contributed by atoms with Crippen LogP contribution >= 0.6 is 0 Å². The van der Waals surface area contributed by atoms with Gasteiger partial charge in [0.25, 0.3) is 0 Å². The van der Waals surface area contributed by atoms with E-state index >= 15 is 0 Å². The molecule has 2 N–H and O–H groups in total. The standard InChI is InChI=1S/C16H19NO2/c1-2-10-3-6-15-13(7-10)14(9-17-15)12(8-16(18)19)11-4-5-11/h3,6-7,9,11-12,17H,2,4-5,8H2,1H3,(H,18,19). The maximum atomic E-state index is 11.1. The number of benzene rings is 1. The van der Waals surface area contributed by atoms with E-state index in [-0.39, 0.29) is 12.3 Å². The highest BCUT2D eigenvalue weighted by Gasteiger charge is 2.34. The lowest BCUT2D eigenvalue weighted by molar-refractivity contribution is -0.137. The largest absolute Gasteiger partial charge is 0.481 e. The van der Waals surface area contributed by atoms with E-state index < -0.39 is 5.97 Å². The van der Waals surface area contributed by atoms with E-state index in [9.17, 15) is 4.79 Å². The monoisotopic (exact) mass is 257 g/mol. The van der Waals surface area contributed by atoms with Crippen LogP contribution in [-0.4, -0.2) is 16.1 Å². The molecule has 3 nitrogen and oxygen atoms in total. The zero-order valence-corrected chi connectivity index (χ0v) is 11.1. The Morgan fingerprint density at radius 2 is 2.26 bits per heavy atom. The average Bonchev–Trinajstić information content (AvgIpc) is 3.15. The average molecular weight is 257 g/mol. The number of hydrogen-bond donors (Lipinski definition) is 2. The van der Waals surface area contributed by atoms with Gasteiger partial charge in [0.15, 0.2) is 0 Å². The number of carbonyl (C=O) groups is 1. The molecule has 0 aliphatic heterocycles. The van der Waals surface area contributed by atoms with E-state index in [1.54, 1.807) is 0 Å². The van der Waals surface area contributed by atoms with Crippen molar-refractivity contribution in [3.05, 3.63) is 35.5 Å². The van der Waals surface area contributed by atoms with Gasteiger partial charge in [-0.15, -0.1) is 0 Å². The summed E-state index contributed by atoms with van der Waals surface area (Å²) >= 11 is 0. The summed E-state index contributed by atoms with van der Waals surface area (Å²) in [5, 5.41) is 10.3. The van der Waals surface area contributed by atoms with Crippen LogP contribution in [0.25, 0.3) is 10.9 Å². The normalized spacial score (nSPS) is 16.7. The summed E-state index contributed by atoms with van der Waals surface area (Å²) < 4.78 is 0. The zero-order chi connectivity index (χ0) is 13.4. The highest BCUT2D eigenvalue weighted by Crippen LogP contribution is 2.46. The second kappa shape index (κ2) is 4.72. The number of aryl methyl sites for hydroxylation is 1. The van der Waals surface area contributed by atoms with Crippen molar-refractivity contribution < 1.29 is 9.90 Å². The second-order valence-electron chi connectivity index (χ2n) is 5.52. The van der Waals surface area contributed by atoms with Crippen molar-refractivity contribution in [1.82, 2.24) is 4.98 Å². The second-order valence-corrected chi connectivity index (χ2v) is 5.52. The van der Waals surface area contributed by atoms with Gasteiger partial charge in [-0.05, 0) is 54.4 Å². The number of aromatic nitrogens is 1. The van der Waals surface area contributed by atoms with Crippen LogP contribution < -0.4 is 0 Å². The molecular weight excluding hydrogens is 238 g/mol. The van der Waals surface area contributed by atoms with Gasteiger partial charge in [0, 0.05) is 17.1 Å². The number of fused-ring (bicyclic) bond motifs is 1. The molecule has 1 aliphatic rings. The Bertz CT molecular complexity index is 610. The topological polar surface area (TPSA) is 53.1 Å². The van der Waals surface area contributed by atoms with Crippen LogP contribution in [0.3, 0.4) is 0 Å². The summed E-state index contributed by atoms with van der Waals surface area (Å²) in [5.74, 6) is 0.0247. The van der Waals surface area contributed by atoms with Gasteiger partial charge in [-0.25, -0.2) is 0 Å². The molecule has 1 unspecified atom stereocenters. The molecular formula is C16H19NO2. The van der Waals surface area contributed by atoms with Crippen molar-refractivity contribution in [1.29, 1.82) is 0 Å². The highest BCUT2D eigenvalue weighted by atomic mass is 16.4. The first-order valence-electron chi connectivity index (χ1n) is 7.00. The quantitative estimate of drug-likeness (QED) is 0.858. The maximum absolute atomic E-state index is 11.1. The Morgan fingerprint density at radius 3 is 2.89 bits per heavy atom. The molecule has 0 saturated heterocycles. The highest BCUT2D eigenvalue weighted by molar-refractivity contribution is 5.85. The SMILES string of the molecule is CCc1ccc2[nH]cc(C(CC(=O)O)C3CC3)c2c1. The third-order valence-corrected chi connectivity index (χ3v) is 4.17. The molecule has 3 heteroatoms. The first kappa shape index (κ1) is 12.3. The summed E-state index contributed by atoms with van der Waals surface area (Å²) in [5.41, 5.74) is 3.61. The Labute approximate surface area is 112 Å². The van der Waals surface area contributed by atoms with Gasteiger partial charge >= 0.3 is 5.97 Å². The molecule has 1 aromatic heterocycles. The minimum absolute atomic E-state index is 0.165. The van der Waals surface area contributed by atoms with E-state index in [4.69, 9.17) is 5.11 Å². The van der Waals surface area contributed by atoms with Crippen molar-refractivity contribution in [2.24, 2.45) is 5.92 Å². The molecule has 1 heterocycles. The summed E-state index contributed by atoms with van der Waals surface area (Å²) in [6.07, 6.45) is 5.59. The molecule has 0 bridgehead atoms. The minimum atomic E-state index is -0.696. The number of aromatic amines is 1. The predicted octanol–water partition coefficient (Wildman–Crippen LogP) is 3.70. The Hall–Kier alpha value is -1.77. The van der Waals surface area contributed by atoms with Crippen LogP contribution in [0.1, 0.15) is 43.2 Å². The molecule has 1 aliphatic carbocycles. The third-order valence-electron chi connectivity index (χ3n) is 4.17. The Morgan fingerprint density at radius 1 is 1.47 bits per heavy atom. The predicted molar refractivity (Wildman–Crippen MR) is 75.4 cm³/mol. The first-order valence-corrected chi connectivity index (χ1v) is 7.00. The van der Waals surface area contributed by atoms with Gasteiger partial charge < -0.3 is 10.1 Å². The Kier molecular flexibility index (Phi) is 3.05. The number of hydrogen-bond acceptors (Lipinski definition) is 1. The fourth-order valence-corrected chi connectivity index (χ4v) is 2.93. The number of nitrogens with one attached hydrogen (secondary N) is 1. The van der Waals surface area contributed by atoms with Crippen molar-refractivity contribution in [2.75, 3.05) is 0 Å². The summed E-state index contributed by atoms with van der Waals surface area (Å²) in [7, 11) is 0. The molecule has 0 amide bonds. The number of carboxylic acids is 1. The molecule has 1 saturated carbocycles. The van der Waals surface area contributed by atoms with Gasteiger partial charge in [-0.3, -0.25) is 4.79 Å². The van der Waals surface area contributed by atoms with Crippen LogP contribution in [0.2, 0.25) is 0 Å². The molecule has 2 aromatic rings. The van der Waals surface area contributed by atoms with Crippen LogP contribution in [0.5, 0.6) is 0 Å². The molecule has 1 aromatic carbocycles. The minimum Gasteiger partial charge on any atom is -0.481 e. The van der Waals surface area contributed by atoms with Gasteiger partial charge in [0.2, 0.25) is 0 Å². The van der Waals surface area contributed by atoms with Crippen LogP contribution in [0.4, 0.5) is 0 Å². The molecule has 19 heavy (non-hydrogen) atoms. The van der Waals surface area contributed by atoms with E-state index in [1.807, 2.05) is 6.20 Å². The fourth-order valence-electron chi connectivity index (χ4n) is 2.93. The molecule has 3 rings (SSSR count). The third kappa shape index (κ3) is 2.37. The smallest absolute Gasteiger partial charge is 0.303 e. The molecule has 1 fully saturated rings. The Balaban J connectivity index is 2.04. The summed E-state index contributed by atoms with van der Waals surface area (Å²) in [4.78, 5) is 14.4. The van der Waals surface area contributed by atoms with E-state index in [0.29, 0.717) is 5.92 Å². The van der Waals surface area contributed by atoms with Gasteiger partial charge in [-0.2, -0.15) is 0 Å². The van der Waals surface area contributed by atoms with Gasteiger partial charge in [0.05, 0.1) is 6.42 Å². The maximum Gasteiger partial charge on any atom is 0.303 e. The lowest BCUT2D eigenvalue weighted by Gasteiger charge is -2.13. The molecule has 0 radical (unpaired) electrons. The number of aliphatic carboxylic acids is 1. The van der Waals surface area contributed by atoms with Gasteiger partial charge in [0.1, 0.15) is 0 Å². The van der Waals surface area contributed by atoms with Crippen LogP contribution in [0.15, 0.2) is 24.4 Å². The van der Waals surface area contributed by atoms with Crippen LogP contribution in [0, 0.1) is 5.92 Å². The van der Waals surface area contributed by atoms with E-state index in [2.05, 4.69) is 30.1 Å². The lowest BCUT2D eigenvalue weighted by atomic mass is 9.90. The summed E-state index contributed by atoms with van der Waals surface area (Å²) in [6.45, 7) is 2.14. The fraction of sp³-hybridized carbons (Fsp3) is 0.438. The van der Waals surface area contributed by atoms with Gasteiger partial charge in [-0.1, -0.05) is 13.0 Å². The van der Waals surface area contributed by atoms with E-state index in [1.165, 1.54) is 16.5 Å². The first-order chi connectivity index (χ1) is 9.19. The van der Waals surface area contributed by atoms with Crippen molar-refractivity contribution in [3.8, 4) is 0 Å². The molecule has 100 valence electrons. The van der Waals surface area contributed by atoms with Crippen molar-refractivity contribution in [3.63, 3.8) is 0 Å². The molecule has 1 atom stereocenters. The van der Waals surface area contributed by atoms with Crippen LogP contribution in [-0.2, 0) is 11.2 Å².